The van der Waals surface area contributed by atoms with Gasteiger partial charge in [0.2, 0.25) is 0 Å². The molecule has 0 aliphatic rings. The summed E-state index contributed by atoms with van der Waals surface area (Å²) in [6.07, 6.45) is -4.71. The smallest absolute Gasteiger partial charge is 0.320 e. The average Bonchev–Trinajstić information content (AvgIpc) is 2.37. The second-order valence-corrected chi connectivity index (χ2v) is 4.35. The summed E-state index contributed by atoms with van der Waals surface area (Å²) in [6, 6.07) is 2.72. The molecule has 0 aliphatic carbocycles. The minimum Gasteiger partial charge on any atom is -0.320 e. The van der Waals surface area contributed by atoms with E-state index < -0.39 is 46.4 Å². The molecule has 0 fully saturated rings. The van der Waals surface area contributed by atoms with Gasteiger partial charge in [0.05, 0.1) is 11.6 Å². The number of rotatable bonds is 2. The van der Waals surface area contributed by atoms with Crippen LogP contribution in [0.25, 0.3) is 0 Å². The molecule has 112 valence electrons. The van der Waals surface area contributed by atoms with Gasteiger partial charge in [-0.3, -0.25) is 0 Å². The number of halogens is 6. The van der Waals surface area contributed by atoms with E-state index in [-0.39, 0.29) is 0 Å². The van der Waals surface area contributed by atoms with Crippen molar-refractivity contribution in [2.45, 2.75) is 12.2 Å². The van der Waals surface area contributed by atoms with Crippen molar-refractivity contribution < 1.29 is 26.3 Å². The third-order valence-electron chi connectivity index (χ3n) is 2.97. The monoisotopic (exact) mass is 305 g/mol. The second-order valence-electron chi connectivity index (χ2n) is 4.35. The van der Waals surface area contributed by atoms with E-state index >= 15 is 0 Å². The highest BCUT2D eigenvalue weighted by Crippen LogP contribution is 2.33. The van der Waals surface area contributed by atoms with Crippen LogP contribution in [0.1, 0.15) is 22.7 Å². The van der Waals surface area contributed by atoms with E-state index in [0.29, 0.717) is 18.2 Å². The van der Waals surface area contributed by atoms with Crippen molar-refractivity contribution in [3.05, 3.63) is 70.5 Å². The van der Waals surface area contributed by atoms with Gasteiger partial charge in [-0.2, -0.15) is 13.2 Å². The fourth-order valence-electron chi connectivity index (χ4n) is 1.92. The van der Waals surface area contributed by atoms with E-state index in [0.717, 1.165) is 18.2 Å². The van der Waals surface area contributed by atoms with Crippen LogP contribution in [0.4, 0.5) is 26.3 Å². The third-order valence-corrected chi connectivity index (χ3v) is 2.97. The number of hydrogen-bond donors (Lipinski definition) is 1. The molecule has 0 saturated heterocycles. The highest BCUT2D eigenvalue weighted by Gasteiger charge is 2.32. The molecule has 1 unspecified atom stereocenters. The van der Waals surface area contributed by atoms with Crippen LogP contribution >= 0.6 is 0 Å². The molecule has 1 nitrogen and oxygen atoms in total. The molecule has 0 radical (unpaired) electrons. The number of alkyl halides is 3. The van der Waals surface area contributed by atoms with Crippen LogP contribution in [0.3, 0.4) is 0 Å². The molecule has 0 amide bonds. The van der Waals surface area contributed by atoms with E-state index in [1.165, 1.54) is 0 Å². The first-order valence-electron chi connectivity index (χ1n) is 5.78. The maximum absolute atomic E-state index is 13.7. The zero-order valence-corrected chi connectivity index (χ0v) is 10.4. The van der Waals surface area contributed by atoms with Crippen molar-refractivity contribution in [1.29, 1.82) is 0 Å². The lowest BCUT2D eigenvalue weighted by molar-refractivity contribution is -0.137. The van der Waals surface area contributed by atoms with Gasteiger partial charge in [0.1, 0.15) is 17.5 Å². The fraction of sp³-hybridized carbons (Fsp3) is 0.143. The van der Waals surface area contributed by atoms with Crippen molar-refractivity contribution in [2.75, 3.05) is 0 Å². The molecule has 0 spiro atoms. The Balaban J connectivity index is 2.56. The molecule has 0 bridgehead atoms. The lowest BCUT2D eigenvalue weighted by Gasteiger charge is -2.17. The van der Waals surface area contributed by atoms with Crippen molar-refractivity contribution in [3.63, 3.8) is 0 Å². The highest BCUT2D eigenvalue weighted by atomic mass is 19.4. The minimum atomic E-state index is -4.71. The zero-order chi connectivity index (χ0) is 15.8. The molecule has 0 aromatic heterocycles. The average molecular weight is 305 g/mol. The van der Waals surface area contributed by atoms with E-state index in [2.05, 4.69) is 0 Å². The summed E-state index contributed by atoms with van der Waals surface area (Å²) in [5, 5.41) is 0. The number of benzene rings is 2. The number of nitrogens with two attached hydrogens (primary N) is 1. The van der Waals surface area contributed by atoms with Crippen LogP contribution in [0.15, 0.2) is 36.4 Å². The predicted octanol–water partition coefficient (Wildman–Crippen LogP) is 4.17. The van der Waals surface area contributed by atoms with Gasteiger partial charge < -0.3 is 5.73 Å². The lowest BCUT2D eigenvalue weighted by atomic mass is 9.96. The first-order valence-corrected chi connectivity index (χ1v) is 5.78. The summed E-state index contributed by atoms with van der Waals surface area (Å²) in [5.41, 5.74) is 3.08. The van der Waals surface area contributed by atoms with Gasteiger partial charge in [0.25, 0.3) is 0 Å². The van der Waals surface area contributed by atoms with Crippen molar-refractivity contribution in [3.8, 4) is 0 Å². The molecule has 0 saturated carbocycles. The van der Waals surface area contributed by atoms with Crippen molar-refractivity contribution >= 4 is 0 Å². The molecule has 2 aromatic carbocycles. The standard InChI is InChI=1S/C14H9F6N/c15-9-5-4-7(14(18,19)20)6-8(9)13(21)12-10(16)2-1-3-11(12)17/h1-6,13H,21H2. The first-order chi connectivity index (χ1) is 9.71. The molecule has 0 heterocycles. The van der Waals surface area contributed by atoms with Gasteiger partial charge in [0, 0.05) is 11.1 Å². The van der Waals surface area contributed by atoms with Gasteiger partial charge in [-0.1, -0.05) is 6.07 Å². The SMILES string of the molecule is NC(c1cc(C(F)(F)F)ccc1F)c1c(F)cccc1F. The predicted molar refractivity (Wildman–Crippen MR) is 63.8 cm³/mol. The Morgan fingerprint density at radius 3 is 1.95 bits per heavy atom. The number of hydrogen-bond acceptors (Lipinski definition) is 1. The van der Waals surface area contributed by atoms with Crippen LogP contribution in [0.5, 0.6) is 0 Å². The van der Waals surface area contributed by atoms with Gasteiger partial charge in [-0.25, -0.2) is 13.2 Å². The first kappa shape index (κ1) is 15.4. The van der Waals surface area contributed by atoms with Crippen LogP contribution in [0.2, 0.25) is 0 Å². The maximum Gasteiger partial charge on any atom is 0.416 e. The van der Waals surface area contributed by atoms with Crippen LogP contribution in [-0.2, 0) is 6.18 Å². The second kappa shape index (κ2) is 5.40. The topological polar surface area (TPSA) is 26.0 Å². The molecule has 2 rings (SSSR count). The summed E-state index contributed by atoms with van der Waals surface area (Å²) in [4.78, 5) is 0. The zero-order valence-electron chi connectivity index (χ0n) is 10.4. The van der Waals surface area contributed by atoms with Gasteiger partial charge in [-0.15, -0.1) is 0 Å². The van der Waals surface area contributed by atoms with Gasteiger partial charge >= 0.3 is 6.18 Å². The van der Waals surface area contributed by atoms with E-state index in [1.807, 2.05) is 0 Å². The van der Waals surface area contributed by atoms with Crippen molar-refractivity contribution in [2.24, 2.45) is 5.73 Å². The molecule has 2 aromatic rings. The van der Waals surface area contributed by atoms with Gasteiger partial charge in [-0.05, 0) is 30.3 Å². The molecule has 2 N–H and O–H groups in total. The Morgan fingerprint density at radius 2 is 1.43 bits per heavy atom. The Kier molecular flexibility index (Phi) is 3.95. The largest absolute Gasteiger partial charge is 0.416 e. The van der Waals surface area contributed by atoms with E-state index in [9.17, 15) is 26.3 Å². The minimum absolute atomic E-state index is 0.450. The molecule has 7 heteroatoms. The third kappa shape index (κ3) is 3.02. The van der Waals surface area contributed by atoms with Crippen LogP contribution in [-0.4, -0.2) is 0 Å². The normalized spacial score (nSPS) is 13.3. The highest BCUT2D eigenvalue weighted by molar-refractivity contribution is 5.37. The molecule has 0 aliphatic heterocycles. The summed E-state index contributed by atoms with van der Waals surface area (Å²) < 4.78 is 78.7. The van der Waals surface area contributed by atoms with E-state index in [1.54, 1.807) is 0 Å². The Morgan fingerprint density at radius 1 is 0.857 bits per heavy atom. The quantitative estimate of drug-likeness (QED) is 0.828. The summed E-state index contributed by atoms with van der Waals surface area (Å²) >= 11 is 0. The Bertz CT molecular complexity index is 645. The molecular formula is C14H9F6N. The Hall–Kier alpha value is -2.02. The molecule has 1 atom stereocenters. The fourth-order valence-corrected chi connectivity index (χ4v) is 1.92. The summed E-state index contributed by atoms with van der Waals surface area (Å²) in [7, 11) is 0. The van der Waals surface area contributed by atoms with Gasteiger partial charge in [0.15, 0.2) is 0 Å². The summed E-state index contributed by atoms with van der Waals surface area (Å²) in [5.74, 6) is -3.18. The van der Waals surface area contributed by atoms with Crippen molar-refractivity contribution in [1.82, 2.24) is 0 Å². The molecule has 21 heavy (non-hydrogen) atoms. The van der Waals surface area contributed by atoms with Crippen LogP contribution in [0, 0.1) is 17.5 Å². The lowest BCUT2D eigenvalue weighted by Crippen LogP contribution is -2.18. The summed E-state index contributed by atoms with van der Waals surface area (Å²) in [6.45, 7) is 0. The van der Waals surface area contributed by atoms with Crippen LogP contribution < -0.4 is 5.73 Å². The van der Waals surface area contributed by atoms with E-state index in [4.69, 9.17) is 5.73 Å². The Labute approximate surface area is 116 Å². The maximum atomic E-state index is 13.7. The molecular weight excluding hydrogens is 296 g/mol.